The fraction of sp³-hybridized carbons (Fsp3) is 0.538. The Morgan fingerprint density at radius 2 is 2.00 bits per heavy atom. The van der Waals surface area contributed by atoms with Gasteiger partial charge in [0, 0.05) is 24.8 Å². The van der Waals surface area contributed by atoms with E-state index in [-0.39, 0.29) is 5.91 Å². The van der Waals surface area contributed by atoms with E-state index >= 15 is 0 Å². The fourth-order valence-corrected chi connectivity index (χ4v) is 3.20. The molecule has 2 aliphatic heterocycles. The number of urea groups is 1. The smallest absolute Gasteiger partial charge is 0.322 e. The Morgan fingerprint density at radius 1 is 1.29 bits per heavy atom. The predicted octanol–water partition coefficient (Wildman–Crippen LogP) is 0.685. The molecule has 1 spiro atoms. The first kappa shape index (κ1) is 14.1. The van der Waals surface area contributed by atoms with Crippen LogP contribution in [0.3, 0.4) is 0 Å². The van der Waals surface area contributed by atoms with Gasteiger partial charge in [-0.3, -0.25) is 10.1 Å². The number of hydrogen-bond acceptors (Lipinski definition) is 6. The quantitative estimate of drug-likeness (QED) is 0.475. The summed E-state index contributed by atoms with van der Waals surface area (Å²) in [5, 5.41) is 5.83. The number of rotatable bonds is 2. The van der Waals surface area contributed by atoms with Crippen LogP contribution in [0, 0.1) is 6.92 Å². The molecule has 2 aliphatic rings. The van der Waals surface area contributed by atoms with Crippen molar-refractivity contribution in [2.45, 2.75) is 30.5 Å². The van der Waals surface area contributed by atoms with E-state index in [1.165, 1.54) is 11.8 Å². The fourth-order valence-electron chi connectivity index (χ4n) is 2.78. The standard InChI is InChI=1S/C13H17N5O2S/c1-8-7-9(15-12(14-8)21-2)18-5-3-13(4-6-18)10(19)16-11(20)17-13/h7H,3-6H2,1-2H3,(H2,16,17,19,20). The molecular weight excluding hydrogens is 290 g/mol. The molecule has 0 aromatic carbocycles. The summed E-state index contributed by atoms with van der Waals surface area (Å²) in [5.41, 5.74) is 0.189. The van der Waals surface area contributed by atoms with Gasteiger partial charge in [-0.2, -0.15) is 0 Å². The van der Waals surface area contributed by atoms with Gasteiger partial charge in [0.05, 0.1) is 0 Å². The molecule has 2 fully saturated rings. The van der Waals surface area contributed by atoms with Crippen LogP contribution in [-0.4, -0.2) is 46.8 Å². The van der Waals surface area contributed by atoms with Gasteiger partial charge in [-0.25, -0.2) is 14.8 Å². The number of nitrogens with one attached hydrogen (secondary N) is 2. The van der Waals surface area contributed by atoms with Crippen molar-refractivity contribution < 1.29 is 9.59 Å². The zero-order valence-corrected chi connectivity index (χ0v) is 12.8. The minimum Gasteiger partial charge on any atom is -0.356 e. The van der Waals surface area contributed by atoms with E-state index in [0.29, 0.717) is 25.9 Å². The van der Waals surface area contributed by atoms with Crippen molar-refractivity contribution in [1.82, 2.24) is 20.6 Å². The predicted molar refractivity (Wildman–Crippen MR) is 79.4 cm³/mol. The van der Waals surface area contributed by atoms with Gasteiger partial charge < -0.3 is 10.2 Å². The van der Waals surface area contributed by atoms with Crippen LogP contribution in [0.5, 0.6) is 0 Å². The number of nitrogens with zero attached hydrogens (tertiary/aromatic N) is 3. The zero-order valence-electron chi connectivity index (χ0n) is 12.0. The van der Waals surface area contributed by atoms with Gasteiger partial charge in [-0.15, -0.1) is 0 Å². The first-order valence-electron chi connectivity index (χ1n) is 6.81. The Bertz CT molecular complexity index is 598. The van der Waals surface area contributed by atoms with E-state index in [0.717, 1.165) is 16.7 Å². The number of carbonyl (C=O) groups is 2. The third-order valence-corrected chi connectivity index (χ3v) is 4.51. The molecule has 0 aliphatic carbocycles. The lowest BCUT2D eigenvalue weighted by Crippen LogP contribution is -2.55. The molecule has 1 aromatic rings. The lowest BCUT2D eigenvalue weighted by atomic mass is 9.88. The summed E-state index contributed by atoms with van der Waals surface area (Å²) in [6, 6.07) is 1.56. The number of hydrogen-bond donors (Lipinski definition) is 2. The Morgan fingerprint density at radius 3 is 2.57 bits per heavy atom. The molecule has 0 atom stereocenters. The van der Waals surface area contributed by atoms with E-state index in [4.69, 9.17) is 0 Å². The first-order chi connectivity index (χ1) is 10.0. The topological polar surface area (TPSA) is 87.2 Å². The summed E-state index contributed by atoms with van der Waals surface area (Å²) in [5.74, 6) is 0.669. The van der Waals surface area contributed by atoms with Crippen LogP contribution in [0.4, 0.5) is 10.6 Å². The van der Waals surface area contributed by atoms with Crippen LogP contribution in [0.1, 0.15) is 18.5 Å². The van der Waals surface area contributed by atoms with Crippen LogP contribution >= 0.6 is 11.8 Å². The average Bonchev–Trinajstić information content (AvgIpc) is 2.73. The number of piperidine rings is 1. The number of aromatic nitrogens is 2. The van der Waals surface area contributed by atoms with Gasteiger partial charge in [0.25, 0.3) is 5.91 Å². The van der Waals surface area contributed by atoms with Crippen molar-refractivity contribution in [1.29, 1.82) is 0 Å². The summed E-state index contributed by atoms with van der Waals surface area (Å²) in [6.07, 6.45) is 3.12. The van der Waals surface area contributed by atoms with E-state index in [9.17, 15) is 9.59 Å². The van der Waals surface area contributed by atoms with E-state index in [1.807, 2.05) is 19.2 Å². The van der Waals surface area contributed by atoms with Crippen molar-refractivity contribution in [2.75, 3.05) is 24.2 Å². The molecule has 3 amide bonds. The molecule has 7 nitrogen and oxygen atoms in total. The van der Waals surface area contributed by atoms with Gasteiger partial charge in [-0.05, 0) is 26.0 Å². The number of anilines is 1. The number of amides is 3. The second-order valence-corrected chi connectivity index (χ2v) is 6.11. The van der Waals surface area contributed by atoms with Crippen LogP contribution in [0.25, 0.3) is 0 Å². The molecule has 3 heterocycles. The lowest BCUT2D eigenvalue weighted by molar-refractivity contribution is -0.124. The molecule has 0 bridgehead atoms. The van der Waals surface area contributed by atoms with Crippen molar-refractivity contribution in [3.8, 4) is 0 Å². The number of thioether (sulfide) groups is 1. The van der Waals surface area contributed by atoms with Crippen molar-refractivity contribution in [3.05, 3.63) is 11.8 Å². The van der Waals surface area contributed by atoms with Crippen molar-refractivity contribution in [3.63, 3.8) is 0 Å². The maximum absolute atomic E-state index is 11.9. The molecule has 0 radical (unpaired) electrons. The van der Waals surface area contributed by atoms with Gasteiger partial charge >= 0.3 is 6.03 Å². The molecular formula is C13H17N5O2S. The van der Waals surface area contributed by atoms with Gasteiger partial charge in [-0.1, -0.05) is 11.8 Å². The molecule has 2 saturated heterocycles. The summed E-state index contributed by atoms with van der Waals surface area (Å²) in [4.78, 5) is 34.2. The third kappa shape index (κ3) is 2.55. The summed E-state index contributed by atoms with van der Waals surface area (Å²) >= 11 is 1.51. The van der Waals surface area contributed by atoms with E-state index in [1.54, 1.807) is 0 Å². The monoisotopic (exact) mass is 307 g/mol. The molecule has 2 N–H and O–H groups in total. The highest BCUT2D eigenvalue weighted by Crippen LogP contribution is 2.28. The maximum atomic E-state index is 11.9. The highest BCUT2D eigenvalue weighted by molar-refractivity contribution is 7.98. The highest BCUT2D eigenvalue weighted by Gasteiger charge is 2.47. The highest BCUT2D eigenvalue weighted by atomic mass is 32.2. The minimum absolute atomic E-state index is 0.212. The average molecular weight is 307 g/mol. The van der Waals surface area contributed by atoms with Crippen LogP contribution in [0.2, 0.25) is 0 Å². The molecule has 21 heavy (non-hydrogen) atoms. The second kappa shape index (κ2) is 5.18. The molecule has 0 saturated carbocycles. The number of carbonyl (C=O) groups excluding carboxylic acids is 2. The van der Waals surface area contributed by atoms with Gasteiger partial charge in [0.2, 0.25) is 0 Å². The van der Waals surface area contributed by atoms with Crippen LogP contribution in [-0.2, 0) is 4.79 Å². The summed E-state index contributed by atoms with van der Waals surface area (Å²) in [7, 11) is 0. The summed E-state index contributed by atoms with van der Waals surface area (Å²) < 4.78 is 0. The molecule has 112 valence electrons. The molecule has 8 heteroatoms. The largest absolute Gasteiger partial charge is 0.356 e. The Balaban J connectivity index is 1.75. The normalized spacial score (nSPS) is 20.6. The first-order valence-corrected chi connectivity index (χ1v) is 8.03. The Hall–Kier alpha value is -1.83. The van der Waals surface area contributed by atoms with Crippen molar-refractivity contribution >= 4 is 29.5 Å². The van der Waals surface area contributed by atoms with Gasteiger partial charge in [0.15, 0.2) is 5.16 Å². The minimum atomic E-state index is -0.738. The van der Waals surface area contributed by atoms with E-state index in [2.05, 4.69) is 25.5 Å². The Kier molecular flexibility index (Phi) is 3.48. The Labute approximate surface area is 126 Å². The number of aryl methyl sites for hydroxylation is 1. The van der Waals surface area contributed by atoms with E-state index < -0.39 is 11.6 Å². The molecule has 1 aromatic heterocycles. The van der Waals surface area contributed by atoms with Crippen molar-refractivity contribution in [2.24, 2.45) is 0 Å². The zero-order chi connectivity index (χ0) is 15.0. The third-order valence-electron chi connectivity index (χ3n) is 3.96. The molecule has 0 unspecified atom stereocenters. The van der Waals surface area contributed by atoms with Crippen LogP contribution < -0.4 is 15.5 Å². The van der Waals surface area contributed by atoms with Gasteiger partial charge in [0.1, 0.15) is 11.4 Å². The van der Waals surface area contributed by atoms with Crippen LogP contribution in [0.15, 0.2) is 11.2 Å². The molecule has 3 rings (SSSR count). The number of imide groups is 1. The SMILES string of the molecule is CSc1nc(C)cc(N2CCC3(CC2)NC(=O)NC3=O)n1. The maximum Gasteiger partial charge on any atom is 0.322 e. The second-order valence-electron chi connectivity index (χ2n) is 5.33. The lowest BCUT2D eigenvalue weighted by Gasteiger charge is -2.37. The summed E-state index contributed by atoms with van der Waals surface area (Å²) in [6.45, 7) is 3.30.